The minimum Gasteiger partial charge on any atom is -0.376 e. The van der Waals surface area contributed by atoms with E-state index in [1.807, 2.05) is 6.92 Å². The average Bonchev–Trinajstić information content (AvgIpc) is 3.41. The Morgan fingerprint density at radius 1 is 1.14 bits per heavy atom. The van der Waals surface area contributed by atoms with Crippen molar-refractivity contribution in [1.82, 2.24) is 10.2 Å². The maximum atomic E-state index is 13.1. The SMILES string of the molecule is CC1=C(C)[C@H](NC[C@@]2(C)CCC[C@@]3(C)c4ccc(C(C)C)cc4CC[C@@H]23)N(C[C@@H]2CCCO2)C1=O. The predicted octanol–water partition coefficient (Wildman–Crippen LogP) is 6.09. The predicted molar refractivity (Wildman–Crippen MR) is 143 cm³/mol. The lowest BCUT2D eigenvalue weighted by Gasteiger charge is -2.56. The van der Waals surface area contributed by atoms with Gasteiger partial charge in [-0.3, -0.25) is 10.1 Å². The molecule has 2 heterocycles. The van der Waals surface area contributed by atoms with Gasteiger partial charge in [-0.1, -0.05) is 52.3 Å². The zero-order valence-corrected chi connectivity index (χ0v) is 22.9. The summed E-state index contributed by atoms with van der Waals surface area (Å²) >= 11 is 0. The van der Waals surface area contributed by atoms with E-state index < -0.39 is 0 Å². The molecule has 2 aliphatic heterocycles. The zero-order valence-electron chi connectivity index (χ0n) is 22.9. The lowest BCUT2D eigenvalue weighted by Crippen LogP contribution is -2.56. The molecule has 1 saturated carbocycles. The summed E-state index contributed by atoms with van der Waals surface area (Å²) in [7, 11) is 0. The van der Waals surface area contributed by atoms with Crippen LogP contribution in [0.3, 0.4) is 0 Å². The first-order chi connectivity index (χ1) is 16.6. The third-order valence-electron chi connectivity index (χ3n) is 10.2. The molecule has 1 aromatic carbocycles. The second-order valence-electron chi connectivity index (χ2n) is 12.8. The standard InChI is InChI=1S/C31H46N2O2/c1-20(2)23-10-12-26-24(17-23)11-13-27-30(5,14-8-15-31(26,27)6)19-32-28-21(3)22(4)29(34)33(28)18-25-9-7-16-35-25/h10,12,17,20,25,27-28,32H,7-9,11,13-16,18-19H2,1-6H3/t25-,27-,28+,30+,31-/m0/s1. The molecule has 35 heavy (non-hydrogen) atoms. The van der Waals surface area contributed by atoms with E-state index in [4.69, 9.17) is 4.74 Å². The topological polar surface area (TPSA) is 41.6 Å². The van der Waals surface area contributed by atoms with Gasteiger partial charge in [-0.2, -0.15) is 0 Å². The van der Waals surface area contributed by atoms with E-state index >= 15 is 0 Å². The Kier molecular flexibility index (Phi) is 6.68. The molecule has 0 bridgehead atoms. The quantitative estimate of drug-likeness (QED) is 0.538. The van der Waals surface area contributed by atoms with Gasteiger partial charge in [0.2, 0.25) is 0 Å². The van der Waals surface area contributed by atoms with Crippen molar-refractivity contribution >= 4 is 5.91 Å². The number of hydrogen-bond acceptors (Lipinski definition) is 3. The summed E-state index contributed by atoms with van der Waals surface area (Å²) in [5.74, 6) is 1.42. The molecule has 192 valence electrons. The highest BCUT2D eigenvalue weighted by Gasteiger charge is 2.52. The lowest BCUT2D eigenvalue weighted by molar-refractivity contribution is -0.129. The fourth-order valence-corrected chi connectivity index (χ4v) is 7.94. The van der Waals surface area contributed by atoms with E-state index in [9.17, 15) is 4.79 Å². The number of benzene rings is 1. The summed E-state index contributed by atoms with van der Waals surface area (Å²) in [5.41, 5.74) is 7.22. The molecule has 1 aromatic rings. The molecule has 4 nitrogen and oxygen atoms in total. The van der Waals surface area contributed by atoms with E-state index in [1.54, 1.807) is 11.1 Å². The first-order valence-electron chi connectivity index (χ1n) is 14.1. The van der Waals surface area contributed by atoms with Crippen LogP contribution in [-0.4, -0.2) is 42.8 Å². The number of hydrogen-bond donors (Lipinski definition) is 1. The number of aryl methyl sites for hydroxylation is 1. The van der Waals surface area contributed by atoms with Crippen molar-refractivity contribution in [3.05, 3.63) is 46.0 Å². The van der Waals surface area contributed by atoms with Gasteiger partial charge in [0.05, 0.1) is 6.10 Å². The maximum Gasteiger partial charge on any atom is 0.251 e. The molecule has 4 heteroatoms. The van der Waals surface area contributed by atoms with E-state index in [0.29, 0.717) is 18.4 Å². The molecule has 0 radical (unpaired) electrons. The first-order valence-corrected chi connectivity index (χ1v) is 14.1. The smallest absolute Gasteiger partial charge is 0.251 e. The molecular formula is C31H46N2O2. The molecule has 0 aromatic heterocycles. The van der Waals surface area contributed by atoms with E-state index in [1.165, 1.54) is 43.2 Å². The Hall–Kier alpha value is -1.65. The number of fused-ring (bicyclic) bond motifs is 3. The van der Waals surface area contributed by atoms with Crippen LogP contribution >= 0.6 is 0 Å². The fraction of sp³-hybridized carbons (Fsp3) is 0.710. The van der Waals surface area contributed by atoms with Crippen LogP contribution in [0.5, 0.6) is 0 Å². The van der Waals surface area contributed by atoms with Gasteiger partial charge in [0.1, 0.15) is 6.17 Å². The van der Waals surface area contributed by atoms with Crippen molar-refractivity contribution in [2.45, 2.75) is 110 Å². The Morgan fingerprint density at radius 2 is 1.94 bits per heavy atom. The van der Waals surface area contributed by atoms with Gasteiger partial charge in [-0.05, 0) is 97.3 Å². The second kappa shape index (κ2) is 9.34. The second-order valence-corrected chi connectivity index (χ2v) is 12.8. The highest BCUT2D eigenvalue weighted by molar-refractivity contribution is 5.97. The number of carbonyl (C=O) groups excluding carboxylic acids is 1. The third kappa shape index (κ3) is 4.29. The van der Waals surface area contributed by atoms with Crippen LogP contribution in [0, 0.1) is 11.3 Å². The van der Waals surface area contributed by atoms with Crippen molar-refractivity contribution in [1.29, 1.82) is 0 Å². The van der Waals surface area contributed by atoms with E-state index in [2.05, 4.69) is 63.0 Å². The van der Waals surface area contributed by atoms with Gasteiger partial charge in [-0.15, -0.1) is 0 Å². The molecular weight excluding hydrogens is 432 g/mol. The van der Waals surface area contributed by atoms with Crippen LogP contribution in [0.1, 0.15) is 103 Å². The van der Waals surface area contributed by atoms with Crippen molar-refractivity contribution in [2.24, 2.45) is 11.3 Å². The molecule has 5 rings (SSSR count). The van der Waals surface area contributed by atoms with Crippen molar-refractivity contribution < 1.29 is 9.53 Å². The van der Waals surface area contributed by atoms with Gasteiger partial charge < -0.3 is 9.64 Å². The molecule has 1 N–H and O–H groups in total. The van der Waals surface area contributed by atoms with Crippen LogP contribution in [0.15, 0.2) is 29.3 Å². The summed E-state index contributed by atoms with van der Waals surface area (Å²) in [6.07, 6.45) is 8.62. The van der Waals surface area contributed by atoms with Crippen LogP contribution in [-0.2, 0) is 21.4 Å². The highest BCUT2D eigenvalue weighted by Crippen LogP contribution is 2.57. The number of amides is 1. The van der Waals surface area contributed by atoms with Gasteiger partial charge in [0.15, 0.2) is 0 Å². The Morgan fingerprint density at radius 3 is 2.66 bits per heavy atom. The van der Waals surface area contributed by atoms with E-state index in [0.717, 1.165) is 31.6 Å². The molecule has 2 fully saturated rings. The van der Waals surface area contributed by atoms with Crippen LogP contribution < -0.4 is 5.32 Å². The Labute approximate surface area is 212 Å². The fourth-order valence-electron chi connectivity index (χ4n) is 7.94. The summed E-state index contributed by atoms with van der Waals surface area (Å²) in [6, 6.07) is 7.34. The van der Waals surface area contributed by atoms with Gasteiger partial charge >= 0.3 is 0 Å². The molecule has 0 unspecified atom stereocenters. The minimum absolute atomic E-state index is 0.00110. The number of rotatable bonds is 6. The average molecular weight is 479 g/mol. The monoisotopic (exact) mass is 478 g/mol. The van der Waals surface area contributed by atoms with Crippen LogP contribution in [0.2, 0.25) is 0 Å². The highest BCUT2D eigenvalue weighted by atomic mass is 16.5. The normalized spacial score (nSPS) is 35.1. The van der Waals surface area contributed by atoms with Gasteiger partial charge in [-0.25, -0.2) is 0 Å². The zero-order chi connectivity index (χ0) is 25.0. The number of ether oxygens (including phenoxy) is 1. The van der Waals surface area contributed by atoms with Crippen LogP contribution in [0.25, 0.3) is 0 Å². The minimum atomic E-state index is 0.00110. The Balaban J connectivity index is 1.36. The molecule has 1 amide bonds. The Bertz CT molecular complexity index is 1010. The van der Waals surface area contributed by atoms with Crippen molar-refractivity contribution in [3.8, 4) is 0 Å². The molecule has 4 aliphatic rings. The summed E-state index contributed by atoms with van der Waals surface area (Å²) in [5, 5.41) is 3.92. The van der Waals surface area contributed by atoms with Gasteiger partial charge in [0.25, 0.3) is 5.91 Å². The molecule has 1 saturated heterocycles. The van der Waals surface area contributed by atoms with Crippen LogP contribution in [0.4, 0.5) is 0 Å². The number of nitrogens with zero attached hydrogens (tertiary/aromatic N) is 1. The van der Waals surface area contributed by atoms with Gasteiger partial charge in [0, 0.05) is 25.3 Å². The number of nitrogens with one attached hydrogen (secondary N) is 1. The van der Waals surface area contributed by atoms with E-state index in [-0.39, 0.29) is 29.0 Å². The van der Waals surface area contributed by atoms with Crippen molar-refractivity contribution in [3.63, 3.8) is 0 Å². The maximum absolute atomic E-state index is 13.1. The molecule has 2 aliphatic carbocycles. The largest absolute Gasteiger partial charge is 0.376 e. The first kappa shape index (κ1) is 25.0. The third-order valence-corrected chi connectivity index (χ3v) is 10.2. The van der Waals surface area contributed by atoms with Crippen molar-refractivity contribution in [2.75, 3.05) is 19.7 Å². The summed E-state index contributed by atoms with van der Waals surface area (Å²) in [4.78, 5) is 15.2. The summed E-state index contributed by atoms with van der Waals surface area (Å²) in [6.45, 7) is 16.3. The molecule has 0 spiro atoms. The number of carbonyl (C=O) groups is 1. The lowest BCUT2D eigenvalue weighted by atomic mass is 9.49. The molecule has 5 atom stereocenters. The summed E-state index contributed by atoms with van der Waals surface area (Å²) < 4.78 is 5.90.